The van der Waals surface area contributed by atoms with Crippen molar-refractivity contribution in [2.45, 2.75) is 129 Å². The zero-order chi connectivity index (χ0) is 31.4. The van der Waals surface area contributed by atoms with Crippen molar-refractivity contribution in [2.24, 2.45) is 17.8 Å². The van der Waals surface area contributed by atoms with E-state index in [0.717, 1.165) is 56.4 Å². The first-order chi connectivity index (χ1) is 20.5. The second-order valence-electron chi connectivity index (χ2n) is 13.5. The van der Waals surface area contributed by atoms with Gasteiger partial charge in [-0.3, -0.25) is 14.4 Å². The molecule has 10 heteroatoms. The fourth-order valence-corrected chi connectivity index (χ4v) is 7.33. The van der Waals surface area contributed by atoms with Crippen molar-refractivity contribution in [1.29, 1.82) is 0 Å². The molecule has 244 valence electrons. The minimum absolute atomic E-state index is 0.00141. The molecule has 0 bridgehead atoms. The van der Waals surface area contributed by atoms with Crippen LogP contribution in [0, 0.1) is 17.8 Å². The Morgan fingerprint density at radius 3 is 2.07 bits per heavy atom. The van der Waals surface area contributed by atoms with E-state index in [4.69, 9.17) is 0 Å². The maximum atomic E-state index is 14.0. The number of amides is 3. The van der Waals surface area contributed by atoms with Crippen molar-refractivity contribution in [3.05, 3.63) is 16.6 Å². The molecule has 0 aromatic carbocycles. The predicted molar refractivity (Wildman–Crippen MR) is 170 cm³/mol. The zero-order valence-corrected chi connectivity index (χ0v) is 27.8. The van der Waals surface area contributed by atoms with Gasteiger partial charge in [-0.2, -0.15) is 0 Å². The van der Waals surface area contributed by atoms with Crippen molar-refractivity contribution in [3.63, 3.8) is 0 Å². The number of aliphatic hydroxyl groups is 2. The molecule has 2 N–H and O–H groups in total. The van der Waals surface area contributed by atoms with Gasteiger partial charge < -0.3 is 24.9 Å². The molecule has 3 atom stereocenters. The number of carbonyl (C=O) groups is 3. The second kappa shape index (κ2) is 18.1. The molecule has 9 nitrogen and oxygen atoms in total. The van der Waals surface area contributed by atoms with E-state index in [1.54, 1.807) is 30.1 Å². The molecular weight excluding hydrogens is 564 g/mol. The van der Waals surface area contributed by atoms with Gasteiger partial charge in [0.1, 0.15) is 11.1 Å². The van der Waals surface area contributed by atoms with Crippen LogP contribution in [-0.4, -0.2) is 93.1 Å². The minimum atomic E-state index is -1.09. The lowest BCUT2D eigenvalue weighted by Gasteiger charge is -2.39. The summed E-state index contributed by atoms with van der Waals surface area (Å²) in [5.74, 6) is 0.402. The average molecular weight is 621 g/mol. The highest BCUT2D eigenvalue weighted by Gasteiger charge is 2.37. The monoisotopic (exact) mass is 620 g/mol. The third kappa shape index (κ3) is 11.8. The van der Waals surface area contributed by atoms with Crippen molar-refractivity contribution >= 4 is 29.1 Å². The Morgan fingerprint density at radius 2 is 1.51 bits per heavy atom. The van der Waals surface area contributed by atoms with Crippen LogP contribution in [0.4, 0.5) is 0 Å². The van der Waals surface area contributed by atoms with E-state index in [0.29, 0.717) is 31.2 Å². The van der Waals surface area contributed by atoms with Crippen LogP contribution in [0.2, 0.25) is 0 Å². The summed E-state index contributed by atoms with van der Waals surface area (Å²) in [6.07, 6.45) is 11.9. The van der Waals surface area contributed by atoms with E-state index in [-0.39, 0.29) is 49.6 Å². The fraction of sp³-hybridized carbons (Fsp3) is 0.818. The summed E-state index contributed by atoms with van der Waals surface area (Å²) in [6, 6.07) is -0.572. The Balaban J connectivity index is 1.79. The van der Waals surface area contributed by atoms with Gasteiger partial charge in [-0.25, -0.2) is 4.98 Å². The van der Waals surface area contributed by atoms with Gasteiger partial charge in [-0.1, -0.05) is 65.2 Å². The Hall–Kier alpha value is -2.04. The molecule has 2 fully saturated rings. The van der Waals surface area contributed by atoms with E-state index in [2.05, 4.69) is 4.98 Å². The molecule has 0 unspecified atom stereocenters. The summed E-state index contributed by atoms with van der Waals surface area (Å²) in [5.41, 5.74) is 0. The third-order valence-corrected chi connectivity index (χ3v) is 10.0. The first-order valence-corrected chi connectivity index (χ1v) is 17.4. The number of hydrogen-bond acceptors (Lipinski definition) is 7. The first-order valence-electron chi connectivity index (χ1n) is 16.6. The van der Waals surface area contributed by atoms with Crippen molar-refractivity contribution in [1.82, 2.24) is 19.7 Å². The molecule has 3 amide bonds. The second-order valence-corrected chi connectivity index (χ2v) is 14.5. The zero-order valence-electron chi connectivity index (χ0n) is 27.0. The Labute approximate surface area is 263 Å². The maximum Gasteiger partial charge on any atom is 0.241 e. The lowest BCUT2D eigenvalue weighted by atomic mass is 9.82. The molecule has 2 saturated carbocycles. The number of rotatable bonds is 16. The van der Waals surface area contributed by atoms with E-state index in [1.165, 1.54) is 29.1 Å². The summed E-state index contributed by atoms with van der Waals surface area (Å²) in [5, 5.41) is 25.2. The maximum absolute atomic E-state index is 14.0. The molecule has 2 aliphatic carbocycles. The van der Waals surface area contributed by atoms with Crippen LogP contribution in [0.25, 0.3) is 0 Å². The first kappa shape index (κ1) is 35.4. The molecule has 2 aliphatic rings. The summed E-state index contributed by atoms with van der Waals surface area (Å²) >= 11 is 1.45. The number of aromatic nitrogens is 1. The number of carbonyl (C=O) groups excluding carboxylic acids is 3. The van der Waals surface area contributed by atoms with Crippen molar-refractivity contribution in [2.75, 3.05) is 27.2 Å². The highest BCUT2D eigenvalue weighted by Crippen LogP contribution is 2.32. The SMILES string of the molecule is CC(C)C[C@H](O)[C@H](O)[C@H](CC1CCCCC1)N(Cc1nccs1)C(=O)CCC(=O)N(CC(=O)N(C)C)CC1CCCCC1. The van der Waals surface area contributed by atoms with E-state index in [1.807, 2.05) is 19.2 Å². The van der Waals surface area contributed by atoms with Crippen LogP contribution >= 0.6 is 11.3 Å². The van der Waals surface area contributed by atoms with Crippen molar-refractivity contribution in [3.8, 4) is 0 Å². The molecule has 43 heavy (non-hydrogen) atoms. The van der Waals surface area contributed by atoms with Gasteiger partial charge in [0.15, 0.2) is 0 Å². The largest absolute Gasteiger partial charge is 0.390 e. The lowest BCUT2D eigenvalue weighted by molar-refractivity contribution is -0.145. The van der Waals surface area contributed by atoms with Gasteiger partial charge in [-0.05, 0) is 43.4 Å². The number of aliphatic hydroxyl groups excluding tert-OH is 2. The Morgan fingerprint density at radius 1 is 0.907 bits per heavy atom. The molecule has 0 spiro atoms. The van der Waals surface area contributed by atoms with Gasteiger partial charge in [0.25, 0.3) is 0 Å². The number of thiazole rings is 1. The summed E-state index contributed by atoms with van der Waals surface area (Å²) < 4.78 is 0. The summed E-state index contributed by atoms with van der Waals surface area (Å²) in [6.45, 7) is 4.81. The van der Waals surface area contributed by atoms with E-state index in [9.17, 15) is 24.6 Å². The van der Waals surface area contributed by atoms with Crippen LogP contribution in [0.1, 0.15) is 109 Å². The van der Waals surface area contributed by atoms with Gasteiger partial charge in [0, 0.05) is 45.1 Å². The lowest BCUT2D eigenvalue weighted by Crippen LogP contribution is -2.52. The molecule has 1 aromatic heterocycles. The quantitative estimate of drug-likeness (QED) is 0.273. The summed E-state index contributed by atoms with van der Waals surface area (Å²) in [7, 11) is 3.38. The standard InChI is InChI=1S/C33H56N4O5S/c1-24(2)19-28(38)33(42)27(20-25-11-7-5-8-12-25)37(22-29-34-17-18-43-29)31(40)16-15-30(39)36(23-32(41)35(3)4)21-26-13-9-6-10-14-26/h17-18,24-28,33,38,42H,5-16,19-23H2,1-4H3/t27-,28-,33+/m0/s1. The Bertz CT molecular complexity index is 976. The molecule has 3 rings (SSSR count). The molecular formula is C33H56N4O5S. The van der Waals surface area contributed by atoms with Crippen LogP contribution in [0.15, 0.2) is 11.6 Å². The van der Waals surface area contributed by atoms with Crippen LogP contribution in [0.5, 0.6) is 0 Å². The highest BCUT2D eigenvalue weighted by molar-refractivity contribution is 7.09. The highest BCUT2D eigenvalue weighted by atomic mass is 32.1. The van der Waals surface area contributed by atoms with Crippen LogP contribution in [0.3, 0.4) is 0 Å². The average Bonchev–Trinajstić information content (AvgIpc) is 3.50. The number of nitrogens with zero attached hydrogens (tertiary/aromatic N) is 4. The third-order valence-electron chi connectivity index (χ3n) is 9.24. The molecule has 1 heterocycles. The smallest absolute Gasteiger partial charge is 0.241 e. The predicted octanol–water partition coefficient (Wildman–Crippen LogP) is 4.86. The topological polar surface area (TPSA) is 114 Å². The summed E-state index contributed by atoms with van der Waals surface area (Å²) in [4.78, 5) is 49.4. The molecule has 1 aromatic rings. The number of likely N-dealkylation sites (N-methyl/N-ethyl adjacent to an activating group) is 1. The molecule has 0 radical (unpaired) electrons. The fourth-order valence-electron chi connectivity index (χ4n) is 6.72. The van der Waals surface area contributed by atoms with Gasteiger partial charge in [0.05, 0.1) is 25.2 Å². The van der Waals surface area contributed by atoms with Gasteiger partial charge >= 0.3 is 0 Å². The van der Waals surface area contributed by atoms with Gasteiger partial charge in [-0.15, -0.1) is 11.3 Å². The molecule has 0 aliphatic heterocycles. The normalized spacial score (nSPS) is 18.7. The van der Waals surface area contributed by atoms with Crippen LogP contribution < -0.4 is 0 Å². The van der Waals surface area contributed by atoms with Crippen molar-refractivity contribution < 1.29 is 24.6 Å². The van der Waals surface area contributed by atoms with Gasteiger partial charge in [0.2, 0.25) is 17.7 Å². The van der Waals surface area contributed by atoms with Crippen LogP contribution in [-0.2, 0) is 20.9 Å². The minimum Gasteiger partial charge on any atom is -0.390 e. The number of hydrogen-bond donors (Lipinski definition) is 2. The van der Waals surface area contributed by atoms with E-state index < -0.39 is 18.2 Å². The van der Waals surface area contributed by atoms with E-state index >= 15 is 0 Å². The molecule has 0 saturated heterocycles. The Kier molecular flexibility index (Phi) is 14.9.